The summed E-state index contributed by atoms with van der Waals surface area (Å²) in [6, 6.07) is 7.91. The molecule has 6 aromatic rings. The molecule has 378 valence electrons. The molecule has 0 aliphatic rings. The Morgan fingerprint density at radius 3 is 1.65 bits per heavy atom. The van der Waals surface area contributed by atoms with Crippen molar-refractivity contribution in [2.45, 2.75) is 20.8 Å². The van der Waals surface area contributed by atoms with Gasteiger partial charge in [-0.15, -0.1) is 0 Å². The highest BCUT2D eigenvalue weighted by Gasteiger charge is 2.48. The number of hydrogen-bond donors (Lipinski definition) is 4. The van der Waals surface area contributed by atoms with Crippen molar-refractivity contribution in [2.75, 3.05) is 49.7 Å². The second-order valence-corrected chi connectivity index (χ2v) is 18.2. The van der Waals surface area contributed by atoms with Gasteiger partial charge in [0.25, 0.3) is 49.6 Å². The predicted molar refractivity (Wildman–Crippen MR) is 234 cm³/mol. The number of pyridine rings is 3. The number of methoxy groups -OCH3 is 4. The van der Waals surface area contributed by atoms with Gasteiger partial charge in [-0.25, -0.2) is 31.8 Å². The van der Waals surface area contributed by atoms with Crippen molar-refractivity contribution in [3.8, 4) is 29.1 Å². The van der Waals surface area contributed by atoms with E-state index in [9.17, 15) is 66.7 Å². The Bertz CT molecular complexity index is 3410. The van der Waals surface area contributed by atoms with Gasteiger partial charge in [-0.05, 0) is 46.9 Å². The summed E-state index contributed by atoms with van der Waals surface area (Å²) in [6.45, 7) is 0. The number of carbonyl (C=O) groups is 4. The van der Waals surface area contributed by atoms with Crippen LogP contribution in [-0.2, 0) is 19.7 Å². The third-order valence-electron chi connectivity index (χ3n) is 9.57. The minimum Gasteiger partial charge on any atom is -0.496 e. The van der Waals surface area contributed by atoms with Crippen LogP contribution in [0.1, 0.15) is 41.4 Å². The molecular weight excluding hydrogens is 1040 g/mol. The van der Waals surface area contributed by atoms with E-state index in [0.717, 1.165) is 89.8 Å². The molecule has 0 bridgehead atoms. The summed E-state index contributed by atoms with van der Waals surface area (Å²) in [6.07, 6.45) is 3.56. The molecule has 0 saturated carbocycles. The molecule has 72 heavy (non-hydrogen) atoms. The van der Waals surface area contributed by atoms with Gasteiger partial charge in [0.05, 0.1) is 73.1 Å². The van der Waals surface area contributed by atoms with Crippen molar-refractivity contribution in [1.29, 1.82) is 0 Å². The number of anilines is 4. The van der Waals surface area contributed by atoms with Crippen LogP contribution in [0.25, 0.3) is 5.69 Å². The Morgan fingerprint density at radius 1 is 0.597 bits per heavy atom. The third-order valence-corrected chi connectivity index (χ3v) is 12.9. The second kappa shape index (κ2) is 20.6. The Kier molecular flexibility index (Phi) is 15.2. The lowest BCUT2D eigenvalue weighted by Crippen LogP contribution is -2.36. The molecule has 0 unspecified atom stereocenters. The number of nitrogens with zero attached hydrogens (tertiary/aromatic N) is 5. The van der Waals surface area contributed by atoms with Crippen LogP contribution in [0.2, 0.25) is 5.15 Å². The van der Waals surface area contributed by atoms with Gasteiger partial charge in [0.15, 0.2) is 5.56 Å². The van der Waals surface area contributed by atoms with Crippen LogP contribution in [-0.4, -0.2) is 99.9 Å². The van der Waals surface area contributed by atoms with Crippen LogP contribution in [0.5, 0.6) is 23.4 Å². The molecule has 4 N–H and O–H groups in total. The molecule has 0 atom stereocenters. The molecule has 31 heteroatoms. The first kappa shape index (κ1) is 53.1. The summed E-state index contributed by atoms with van der Waals surface area (Å²) < 4.78 is 168. The smallest absolute Gasteiger partial charge is 0.496 e. The molecule has 2 aromatic carbocycles. The first-order valence-electron chi connectivity index (χ1n) is 19.3. The van der Waals surface area contributed by atoms with E-state index in [4.69, 9.17) is 30.5 Å². The minimum atomic E-state index is -6.26. The molecule has 21 nitrogen and oxygen atoms in total. The van der Waals surface area contributed by atoms with E-state index >= 15 is 0 Å². The van der Waals surface area contributed by atoms with Gasteiger partial charge in [-0.3, -0.25) is 19.2 Å². The fraction of sp³-hybridized carbons (Fsp3) is 0.146. The standard InChI is InChI=1S/C41H29ClF7N9O12S2/c1-67-28-8-9-50-34(43)31(28)37(61)56-26-16-51-30(69-3)15-25(26)36(60)55-20-10-21(13-23(12-20)72(65,66)41(47,48)49)58-18-53-39(70-4)32(33(58)42)38(62)57-27-17-52-29(68-2)14-24(27)35(59)54-19-6-5-7-22(11-19)71(63,64)40(44,45)46/h5-18H,1-4H3,(H3-,54,55,56,57,59,60,61,62)/p+1. The number of sulfone groups is 2. The average Bonchev–Trinajstić information content (AvgIpc) is 3.32. The van der Waals surface area contributed by atoms with Gasteiger partial charge in [-0.1, -0.05) is 6.07 Å². The molecular formula is C41H30ClF7N9O12S2+. The Hall–Kier alpha value is -8.25. The lowest BCUT2D eigenvalue weighted by molar-refractivity contribution is -0.597. The molecule has 6 rings (SSSR count). The van der Waals surface area contributed by atoms with Crippen molar-refractivity contribution in [1.82, 2.24) is 19.9 Å². The second-order valence-electron chi connectivity index (χ2n) is 14.0. The maximum atomic E-state index is 14.7. The van der Waals surface area contributed by atoms with Crippen molar-refractivity contribution in [3.63, 3.8) is 0 Å². The van der Waals surface area contributed by atoms with Crippen LogP contribution in [0.4, 0.5) is 53.5 Å². The third kappa shape index (κ3) is 10.9. The van der Waals surface area contributed by atoms with Gasteiger partial charge in [-0.2, -0.15) is 35.3 Å². The minimum absolute atomic E-state index is 0.247. The SMILES string of the molecule is COc1cc(C(=O)Nc2cc(-[n+]3cnc(OC)c(C(=O)Nc4cnc(OC)cc4C(=O)Nc4cccc(S(=O)(=O)C(F)(F)F)c4)c3Cl)cc(S(=O)(=O)C(F)(F)F)c2)c(NC(=O)c2c(OC)ccnc2F)cn1. The van der Waals surface area contributed by atoms with Crippen LogP contribution in [0, 0.1) is 5.95 Å². The highest BCUT2D eigenvalue weighted by atomic mass is 35.5. The predicted octanol–water partition coefficient (Wildman–Crippen LogP) is 5.97. The fourth-order valence-electron chi connectivity index (χ4n) is 6.15. The van der Waals surface area contributed by atoms with Gasteiger partial charge in [0, 0.05) is 41.8 Å². The average molecular weight is 1070 g/mol. The molecule has 0 saturated heterocycles. The van der Waals surface area contributed by atoms with Crippen molar-refractivity contribution < 1.29 is 90.3 Å². The van der Waals surface area contributed by atoms with Crippen LogP contribution < -0.4 is 44.8 Å². The van der Waals surface area contributed by atoms with E-state index in [2.05, 4.69) is 41.2 Å². The first-order valence-corrected chi connectivity index (χ1v) is 22.6. The normalized spacial score (nSPS) is 11.8. The Labute approximate surface area is 405 Å². The van der Waals surface area contributed by atoms with Gasteiger partial charge < -0.3 is 40.2 Å². The maximum Gasteiger partial charge on any atom is 0.501 e. The first-order chi connectivity index (χ1) is 33.8. The Morgan fingerprint density at radius 2 is 1.12 bits per heavy atom. The molecule has 4 amide bonds. The number of rotatable bonds is 15. The summed E-state index contributed by atoms with van der Waals surface area (Å²) in [4.78, 5) is 67.3. The molecule has 0 fully saturated rings. The lowest BCUT2D eigenvalue weighted by Gasteiger charge is -2.16. The maximum absolute atomic E-state index is 14.7. The number of benzene rings is 2. The van der Waals surface area contributed by atoms with E-state index in [-0.39, 0.29) is 17.5 Å². The summed E-state index contributed by atoms with van der Waals surface area (Å²) in [7, 11) is -7.70. The van der Waals surface area contributed by atoms with Crippen molar-refractivity contribution >= 4 is 77.7 Å². The highest BCUT2D eigenvalue weighted by Crippen LogP contribution is 2.35. The van der Waals surface area contributed by atoms with E-state index in [0.29, 0.717) is 28.8 Å². The largest absolute Gasteiger partial charge is 0.501 e. The molecule has 4 aromatic heterocycles. The van der Waals surface area contributed by atoms with Crippen LogP contribution in [0.15, 0.2) is 95.4 Å². The lowest BCUT2D eigenvalue weighted by atomic mass is 10.1. The molecule has 0 spiro atoms. The summed E-state index contributed by atoms with van der Waals surface area (Å²) in [5.41, 5.74) is -16.8. The molecule has 4 heterocycles. The van der Waals surface area contributed by atoms with E-state index in [1.165, 1.54) is 0 Å². The number of hydrogen-bond acceptors (Lipinski definition) is 16. The Balaban J connectivity index is 1.40. The van der Waals surface area contributed by atoms with E-state index in [1.54, 1.807) is 0 Å². The number of aromatic nitrogens is 5. The highest BCUT2D eigenvalue weighted by molar-refractivity contribution is 7.92. The number of alkyl halides is 6. The van der Waals surface area contributed by atoms with Crippen molar-refractivity contribution in [2.24, 2.45) is 0 Å². The topological polar surface area (TPSA) is 277 Å². The van der Waals surface area contributed by atoms with Crippen LogP contribution in [0.3, 0.4) is 0 Å². The number of halogens is 8. The molecule has 0 aliphatic heterocycles. The zero-order valence-electron chi connectivity index (χ0n) is 36.6. The number of amides is 4. The molecule has 0 radical (unpaired) electrons. The quantitative estimate of drug-likeness (QED) is 0.0399. The summed E-state index contributed by atoms with van der Waals surface area (Å²) in [5.74, 6) is -7.55. The van der Waals surface area contributed by atoms with Gasteiger partial charge >= 0.3 is 16.9 Å². The zero-order valence-corrected chi connectivity index (χ0v) is 38.9. The number of nitrogens with one attached hydrogen (secondary N) is 4. The summed E-state index contributed by atoms with van der Waals surface area (Å²) >= 11 is 6.70. The van der Waals surface area contributed by atoms with Gasteiger partial charge in [0.1, 0.15) is 17.0 Å². The number of ether oxygens (including phenoxy) is 4. The monoisotopic (exact) mass is 1070 g/mol. The van der Waals surface area contributed by atoms with E-state index < -0.39 is 132 Å². The van der Waals surface area contributed by atoms with Crippen molar-refractivity contribution in [3.05, 3.63) is 119 Å². The zero-order chi connectivity index (χ0) is 53.1. The number of carbonyl (C=O) groups excluding carboxylic acids is 4. The summed E-state index contributed by atoms with van der Waals surface area (Å²) in [5, 5.41) is 8.19. The van der Waals surface area contributed by atoms with Gasteiger partial charge in [0.2, 0.25) is 22.9 Å². The molecule has 0 aliphatic carbocycles. The fourth-order valence-corrected chi connectivity index (χ4v) is 8.09. The van der Waals surface area contributed by atoms with E-state index in [1.807, 2.05) is 0 Å². The van der Waals surface area contributed by atoms with Crippen LogP contribution >= 0.6 is 11.6 Å².